The van der Waals surface area contributed by atoms with E-state index in [4.69, 9.17) is 10.6 Å². The molecule has 18 heteroatoms. The smallest absolute Gasteiger partial charge is 0.352 e. The number of allylic oxidation sites excluding steroid dienone is 1. The first kappa shape index (κ1) is 27.1. The number of hydrogen-bond donors (Lipinski definition) is 4. The number of thioether (sulfide) groups is 2. The number of nitrogens with two attached hydrogens (primary N) is 1. The fraction of sp³-hybridized carbons (Fsp3) is 0.300. The highest BCUT2D eigenvalue weighted by atomic mass is 32.2. The van der Waals surface area contributed by atoms with E-state index in [2.05, 4.69) is 25.5 Å². The normalized spacial score (nSPS) is 19.4. The molecule has 0 aromatic carbocycles. The number of hydrogen-bond acceptors (Lipinski definition) is 13. The zero-order valence-corrected chi connectivity index (χ0v) is 22.2. The molecule has 2 aliphatic heterocycles. The zero-order chi connectivity index (χ0) is 27.6. The van der Waals surface area contributed by atoms with Crippen LogP contribution in [0.4, 0.5) is 5.13 Å². The molecule has 4 heterocycles. The number of nitrogens with zero attached hydrogens (tertiary/aromatic N) is 5. The van der Waals surface area contributed by atoms with Crippen LogP contribution in [-0.2, 0) is 25.8 Å². The lowest BCUT2D eigenvalue weighted by Crippen LogP contribution is -2.71. The number of H-pyrrole nitrogens is 1. The number of oxime groups is 1. The van der Waals surface area contributed by atoms with Crippen molar-refractivity contribution >= 4 is 63.5 Å². The van der Waals surface area contributed by atoms with E-state index in [-0.39, 0.29) is 39.7 Å². The number of aromatic nitrogens is 4. The van der Waals surface area contributed by atoms with Crippen molar-refractivity contribution in [2.45, 2.75) is 30.0 Å². The van der Waals surface area contributed by atoms with Crippen molar-refractivity contribution in [1.29, 1.82) is 0 Å². The SMILES string of the molecule is CCn1nc(S/C=C/C2=C(C(=O)O)N3C(=O)C(NC(=O)/C(=N\OC)c4csc(N)n4)C3SC2)[nH]c(=O)c1=O. The van der Waals surface area contributed by atoms with E-state index in [9.17, 15) is 29.1 Å². The molecular weight excluding hydrogens is 560 g/mol. The number of carbonyl (C=O) groups is 3. The first-order chi connectivity index (χ1) is 18.2. The van der Waals surface area contributed by atoms with Crippen LogP contribution in [0.15, 0.2) is 48.0 Å². The van der Waals surface area contributed by atoms with Gasteiger partial charge in [-0.2, -0.15) is 0 Å². The summed E-state index contributed by atoms with van der Waals surface area (Å²) in [5.74, 6) is -2.43. The molecule has 5 N–H and O–H groups in total. The monoisotopic (exact) mass is 580 g/mol. The molecule has 2 aromatic rings. The molecular formula is C20H20N8O7S3. The largest absolute Gasteiger partial charge is 0.477 e. The number of aryl methyl sites for hydroxylation is 1. The van der Waals surface area contributed by atoms with Crippen molar-refractivity contribution in [2.75, 3.05) is 18.6 Å². The van der Waals surface area contributed by atoms with E-state index >= 15 is 0 Å². The minimum Gasteiger partial charge on any atom is -0.477 e. The maximum Gasteiger partial charge on any atom is 0.352 e. The summed E-state index contributed by atoms with van der Waals surface area (Å²) >= 11 is 3.34. The number of anilines is 1. The minimum absolute atomic E-state index is 0.143. The number of β-lactam (4-membered cyclic amide) rings is 1. The number of carboxylic acids is 1. The molecule has 0 radical (unpaired) electrons. The Labute approximate surface area is 225 Å². The van der Waals surface area contributed by atoms with E-state index in [0.717, 1.165) is 32.7 Å². The molecule has 4 rings (SSSR count). The van der Waals surface area contributed by atoms with Gasteiger partial charge in [-0.3, -0.25) is 29.1 Å². The molecule has 15 nitrogen and oxygen atoms in total. The number of aliphatic carboxylic acids is 1. The lowest BCUT2D eigenvalue weighted by Gasteiger charge is -2.49. The highest BCUT2D eigenvalue weighted by molar-refractivity contribution is 8.02. The number of carboxylic acid groups (broad SMARTS) is 1. The average molecular weight is 581 g/mol. The number of rotatable bonds is 9. The summed E-state index contributed by atoms with van der Waals surface area (Å²) in [6, 6.07) is -0.996. The standard InChI is InChI=1S/C20H20N8O7S3/c1-3-27-16(32)14(30)24-20(25-27)36-5-4-8-6-37-17-11(15(31)28(17)12(8)18(33)34)23-13(29)10(26-35-2)9-7-38-19(21)22-9/h4-5,7,11,17H,3,6H2,1-2H3,(H2,21,22)(H,23,29)(H,33,34)(H,24,25,30)/b5-4+,26-10-. The summed E-state index contributed by atoms with van der Waals surface area (Å²) in [5.41, 5.74) is 4.14. The predicted octanol–water partition coefficient (Wildman–Crippen LogP) is -0.615. The molecule has 38 heavy (non-hydrogen) atoms. The first-order valence-corrected chi connectivity index (χ1v) is 13.6. The van der Waals surface area contributed by atoms with Gasteiger partial charge in [0.25, 0.3) is 11.8 Å². The van der Waals surface area contributed by atoms with Gasteiger partial charge in [0.1, 0.15) is 29.9 Å². The van der Waals surface area contributed by atoms with Gasteiger partial charge in [0.15, 0.2) is 16.0 Å². The molecule has 200 valence electrons. The molecule has 2 atom stereocenters. The Morgan fingerprint density at radius 2 is 2.18 bits per heavy atom. The van der Waals surface area contributed by atoms with Crippen LogP contribution in [0.2, 0.25) is 0 Å². The zero-order valence-electron chi connectivity index (χ0n) is 19.7. The third-order valence-electron chi connectivity index (χ3n) is 5.26. The number of nitrogens with one attached hydrogen (secondary N) is 2. The Morgan fingerprint density at radius 3 is 2.82 bits per heavy atom. The van der Waals surface area contributed by atoms with Crippen LogP contribution < -0.4 is 22.2 Å². The lowest BCUT2D eigenvalue weighted by atomic mass is 10.0. The minimum atomic E-state index is -1.32. The van der Waals surface area contributed by atoms with Crippen LogP contribution in [0.25, 0.3) is 0 Å². The fourth-order valence-electron chi connectivity index (χ4n) is 3.57. The Morgan fingerprint density at radius 1 is 1.42 bits per heavy atom. The van der Waals surface area contributed by atoms with Gasteiger partial charge in [0.05, 0.1) is 0 Å². The van der Waals surface area contributed by atoms with E-state index in [0.29, 0.717) is 5.57 Å². The van der Waals surface area contributed by atoms with Crippen LogP contribution in [0, 0.1) is 0 Å². The second kappa shape index (κ2) is 11.2. The summed E-state index contributed by atoms with van der Waals surface area (Å²) in [6.45, 7) is 1.87. The van der Waals surface area contributed by atoms with Crippen molar-refractivity contribution in [3.8, 4) is 0 Å². The van der Waals surface area contributed by atoms with E-state index < -0.39 is 40.3 Å². The van der Waals surface area contributed by atoms with Crippen LogP contribution >= 0.6 is 34.9 Å². The van der Waals surface area contributed by atoms with Crippen LogP contribution in [0.3, 0.4) is 0 Å². The van der Waals surface area contributed by atoms with Crippen LogP contribution in [0.5, 0.6) is 0 Å². The summed E-state index contributed by atoms with van der Waals surface area (Å²) in [5, 5.41) is 22.8. The van der Waals surface area contributed by atoms with Crippen LogP contribution in [-0.4, -0.2) is 77.5 Å². The topological polar surface area (TPSA) is 215 Å². The third-order valence-corrected chi connectivity index (χ3v) is 7.91. The molecule has 0 saturated carbocycles. The molecule has 2 aliphatic rings. The number of aromatic amines is 1. The molecule has 2 amide bonds. The van der Waals surface area contributed by atoms with Gasteiger partial charge in [0, 0.05) is 17.7 Å². The molecule has 0 bridgehead atoms. The van der Waals surface area contributed by atoms with Gasteiger partial charge in [-0.25, -0.2) is 14.5 Å². The van der Waals surface area contributed by atoms with E-state index in [1.165, 1.54) is 35.7 Å². The number of fused-ring (bicyclic) bond motifs is 1. The average Bonchev–Trinajstić information content (AvgIpc) is 3.32. The second-order valence-electron chi connectivity index (χ2n) is 7.53. The molecule has 1 fully saturated rings. The third kappa shape index (κ3) is 5.22. The van der Waals surface area contributed by atoms with Crippen LogP contribution in [0.1, 0.15) is 12.6 Å². The highest BCUT2D eigenvalue weighted by Gasteiger charge is 2.54. The number of thiazole rings is 1. The Bertz CT molecular complexity index is 1510. The van der Waals surface area contributed by atoms with E-state index in [1.807, 2.05) is 0 Å². The molecule has 1 saturated heterocycles. The summed E-state index contributed by atoms with van der Waals surface area (Å²) in [7, 11) is 1.25. The highest BCUT2D eigenvalue weighted by Crippen LogP contribution is 2.41. The molecule has 2 unspecified atom stereocenters. The van der Waals surface area contributed by atoms with E-state index in [1.54, 1.807) is 6.92 Å². The van der Waals surface area contributed by atoms with Gasteiger partial charge in [-0.1, -0.05) is 16.9 Å². The number of amides is 2. The number of nitrogen functional groups attached to an aromatic ring is 1. The van der Waals surface area contributed by atoms with Crippen molar-refractivity contribution < 1.29 is 24.3 Å². The molecule has 0 spiro atoms. The summed E-state index contributed by atoms with van der Waals surface area (Å²) in [6.07, 6.45) is 1.49. The van der Waals surface area contributed by atoms with Gasteiger partial charge in [-0.05, 0) is 24.0 Å². The number of carbonyl (C=O) groups excluding carboxylic acids is 2. The molecule has 0 aliphatic carbocycles. The van der Waals surface area contributed by atoms with Gasteiger partial charge in [-0.15, -0.1) is 28.2 Å². The van der Waals surface area contributed by atoms with Crippen molar-refractivity contribution in [3.05, 3.63) is 54.5 Å². The maximum absolute atomic E-state index is 12.9. The Balaban J connectivity index is 1.50. The van der Waals surface area contributed by atoms with Crippen molar-refractivity contribution in [3.63, 3.8) is 0 Å². The van der Waals surface area contributed by atoms with Gasteiger partial charge in [0.2, 0.25) is 0 Å². The first-order valence-electron chi connectivity index (χ1n) is 10.7. The molecule has 2 aromatic heterocycles. The Kier molecular flexibility index (Phi) is 8.02. The fourth-order valence-corrected chi connectivity index (χ4v) is 6.09. The second-order valence-corrected chi connectivity index (χ2v) is 10.4. The maximum atomic E-state index is 12.9. The quantitative estimate of drug-likeness (QED) is 0.0960. The predicted molar refractivity (Wildman–Crippen MR) is 140 cm³/mol. The van der Waals surface area contributed by atoms with Crippen molar-refractivity contribution in [2.24, 2.45) is 5.16 Å². The lowest BCUT2D eigenvalue weighted by molar-refractivity contribution is -0.150. The van der Waals surface area contributed by atoms with Crippen molar-refractivity contribution in [1.82, 2.24) is 30.0 Å². The Hall–Kier alpha value is -3.90. The van der Waals surface area contributed by atoms with Gasteiger partial charge < -0.3 is 21.0 Å². The summed E-state index contributed by atoms with van der Waals surface area (Å²) in [4.78, 5) is 73.5. The van der Waals surface area contributed by atoms with Gasteiger partial charge >= 0.3 is 17.1 Å². The summed E-state index contributed by atoms with van der Waals surface area (Å²) < 4.78 is 1.01.